The number of carbonyl (C=O) groups is 1. The topological polar surface area (TPSA) is 58.6 Å². The highest BCUT2D eigenvalue weighted by Gasteiger charge is 2.01. The van der Waals surface area contributed by atoms with Crippen molar-refractivity contribution in [3.05, 3.63) is 29.8 Å². The molecule has 0 fully saturated rings. The molecule has 4 nitrogen and oxygen atoms in total. The van der Waals surface area contributed by atoms with Crippen molar-refractivity contribution in [3.8, 4) is 5.75 Å². The van der Waals surface area contributed by atoms with Gasteiger partial charge in [-0.05, 0) is 6.07 Å². The zero-order valence-corrected chi connectivity index (χ0v) is 8.69. The van der Waals surface area contributed by atoms with E-state index < -0.39 is 0 Å². The molecule has 0 saturated heterocycles. The van der Waals surface area contributed by atoms with E-state index in [0.717, 1.165) is 5.56 Å². The Bertz CT molecular complexity index is 325. The second-order valence-electron chi connectivity index (χ2n) is 3.13. The van der Waals surface area contributed by atoms with Crippen molar-refractivity contribution < 1.29 is 14.6 Å². The van der Waals surface area contributed by atoms with Gasteiger partial charge in [-0.1, -0.05) is 18.2 Å². The fraction of sp³-hybridized carbons (Fsp3) is 0.364. The van der Waals surface area contributed by atoms with Gasteiger partial charge in [-0.2, -0.15) is 0 Å². The first-order chi connectivity index (χ1) is 7.24. The van der Waals surface area contributed by atoms with E-state index in [2.05, 4.69) is 10.1 Å². The van der Waals surface area contributed by atoms with Crippen molar-refractivity contribution >= 4 is 5.97 Å². The highest BCUT2D eigenvalue weighted by atomic mass is 16.5. The molecule has 0 aliphatic rings. The number of nitrogens with one attached hydrogen (secondary N) is 1. The fourth-order valence-electron chi connectivity index (χ4n) is 1.18. The minimum absolute atomic E-state index is 0.236. The van der Waals surface area contributed by atoms with Crippen molar-refractivity contribution in [3.63, 3.8) is 0 Å². The smallest absolute Gasteiger partial charge is 0.306 e. The van der Waals surface area contributed by atoms with Crippen LogP contribution in [-0.4, -0.2) is 24.7 Å². The molecule has 0 bridgehead atoms. The maximum Gasteiger partial charge on any atom is 0.306 e. The summed E-state index contributed by atoms with van der Waals surface area (Å²) in [6.07, 6.45) is 0.337. The Morgan fingerprint density at radius 1 is 1.47 bits per heavy atom. The van der Waals surface area contributed by atoms with Crippen LogP contribution in [0.15, 0.2) is 24.3 Å². The lowest BCUT2D eigenvalue weighted by Gasteiger charge is -2.05. The predicted octanol–water partition coefficient (Wildman–Crippen LogP) is 1.04. The van der Waals surface area contributed by atoms with Crippen molar-refractivity contribution in [2.24, 2.45) is 0 Å². The summed E-state index contributed by atoms with van der Waals surface area (Å²) in [6.45, 7) is 1.09. The zero-order valence-electron chi connectivity index (χ0n) is 8.69. The highest BCUT2D eigenvalue weighted by Crippen LogP contribution is 2.14. The van der Waals surface area contributed by atoms with Crippen molar-refractivity contribution in [2.75, 3.05) is 13.7 Å². The number of hydrogen-bond donors (Lipinski definition) is 2. The number of hydrogen-bond acceptors (Lipinski definition) is 4. The average Bonchev–Trinajstić information content (AvgIpc) is 2.26. The summed E-state index contributed by atoms with van der Waals surface area (Å²) in [7, 11) is 1.37. The number of methoxy groups -OCH3 is 1. The Balaban J connectivity index is 2.26. The maximum atomic E-state index is 10.8. The van der Waals surface area contributed by atoms with E-state index in [0.29, 0.717) is 19.5 Å². The van der Waals surface area contributed by atoms with Gasteiger partial charge in [0.2, 0.25) is 0 Å². The SMILES string of the molecule is COC(=O)CCNCc1ccccc1O. The normalized spacial score (nSPS) is 9.93. The van der Waals surface area contributed by atoms with Crippen LogP contribution in [0.1, 0.15) is 12.0 Å². The molecule has 4 heteroatoms. The monoisotopic (exact) mass is 209 g/mol. The Morgan fingerprint density at radius 2 is 2.20 bits per heavy atom. The van der Waals surface area contributed by atoms with Gasteiger partial charge in [0.25, 0.3) is 0 Å². The van der Waals surface area contributed by atoms with Crippen LogP contribution in [0.25, 0.3) is 0 Å². The standard InChI is InChI=1S/C11H15NO3/c1-15-11(14)6-7-12-8-9-4-2-3-5-10(9)13/h2-5,12-13H,6-8H2,1H3. The molecule has 1 rings (SSSR count). The number of phenolic OH excluding ortho intramolecular Hbond substituents is 1. The number of carbonyl (C=O) groups excluding carboxylic acids is 1. The molecule has 0 aromatic heterocycles. The molecule has 1 aromatic rings. The second kappa shape index (κ2) is 6.03. The highest BCUT2D eigenvalue weighted by molar-refractivity contribution is 5.69. The van der Waals surface area contributed by atoms with Crippen LogP contribution in [-0.2, 0) is 16.1 Å². The molecule has 0 saturated carbocycles. The summed E-state index contributed by atoms with van der Waals surface area (Å²) in [5.74, 6) is 0.0304. The molecule has 82 valence electrons. The number of para-hydroxylation sites is 1. The Kier molecular flexibility index (Phi) is 4.63. The van der Waals surface area contributed by atoms with Gasteiger partial charge in [0.1, 0.15) is 5.75 Å². The lowest BCUT2D eigenvalue weighted by Crippen LogP contribution is -2.18. The van der Waals surface area contributed by atoms with Crippen LogP contribution in [0, 0.1) is 0 Å². The van der Waals surface area contributed by atoms with E-state index in [-0.39, 0.29) is 11.7 Å². The summed E-state index contributed by atoms with van der Waals surface area (Å²) >= 11 is 0. The van der Waals surface area contributed by atoms with Crippen LogP contribution in [0.4, 0.5) is 0 Å². The fourth-order valence-corrected chi connectivity index (χ4v) is 1.18. The van der Waals surface area contributed by atoms with Gasteiger partial charge in [0, 0.05) is 18.7 Å². The Morgan fingerprint density at radius 3 is 2.87 bits per heavy atom. The summed E-state index contributed by atoms with van der Waals surface area (Å²) in [5, 5.41) is 12.5. The van der Waals surface area contributed by atoms with Crippen LogP contribution >= 0.6 is 0 Å². The first-order valence-corrected chi connectivity index (χ1v) is 4.78. The van der Waals surface area contributed by atoms with E-state index >= 15 is 0 Å². The minimum Gasteiger partial charge on any atom is -0.508 e. The molecule has 15 heavy (non-hydrogen) atoms. The van der Waals surface area contributed by atoms with E-state index in [9.17, 15) is 9.90 Å². The predicted molar refractivity (Wildman–Crippen MR) is 56.4 cm³/mol. The molecular formula is C11H15NO3. The third-order valence-electron chi connectivity index (χ3n) is 2.04. The molecule has 0 heterocycles. The minimum atomic E-state index is -0.236. The van der Waals surface area contributed by atoms with E-state index in [1.165, 1.54) is 7.11 Å². The number of aromatic hydroxyl groups is 1. The molecular weight excluding hydrogens is 194 g/mol. The second-order valence-corrected chi connectivity index (χ2v) is 3.13. The third kappa shape index (κ3) is 3.99. The van der Waals surface area contributed by atoms with Gasteiger partial charge in [-0.3, -0.25) is 4.79 Å². The van der Waals surface area contributed by atoms with Crippen LogP contribution in [0.3, 0.4) is 0 Å². The van der Waals surface area contributed by atoms with Gasteiger partial charge in [0.15, 0.2) is 0 Å². The Hall–Kier alpha value is -1.55. The van der Waals surface area contributed by atoms with Crippen molar-refractivity contribution in [1.82, 2.24) is 5.32 Å². The van der Waals surface area contributed by atoms with Gasteiger partial charge < -0.3 is 15.2 Å². The molecule has 2 N–H and O–H groups in total. The van der Waals surface area contributed by atoms with Gasteiger partial charge in [-0.25, -0.2) is 0 Å². The van der Waals surface area contributed by atoms with Crippen LogP contribution < -0.4 is 5.32 Å². The summed E-state index contributed by atoms with van der Waals surface area (Å²) in [5.41, 5.74) is 0.822. The lowest BCUT2D eigenvalue weighted by molar-refractivity contribution is -0.140. The molecule has 1 aromatic carbocycles. The van der Waals surface area contributed by atoms with Crippen molar-refractivity contribution in [2.45, 2.75) is 13.0 Å². The van der Waals surface area contributed by atoms with E-state index in [4.69, 9.17) is 0 Å². The van der Waals surface area contributed by atoms with Crippen molar-refractivity contribution in [1.29, 1.82) is 0 Å². The quantitative estimate of drug-likeness (QED) is 0.562. The first kappa shape index (κ1) is 11.5. The average molecular weight is 209 g/mol. The van der Waals surface area contributed by atoms with Crippen LogP contribution in [0.2, 0.25) is 0 Å². The molecule has 0 aliphatic carbocycles. The first-order valence-electron chi connectivity index (χ1n) is 4.78. The summed E-state index contributed by atoms with van der Waals surface area (Å²) in [6, 6.07) is 7.10. The molecule has 0 radical (unpaired) electrons. The number of ether oxygens (including phenoxy) is 1. The van der Waals surface area contributed by atoms with Gasteiger partial charge in [0.05, 0.1) is 13.5 Å². The number of esters is 1. The Labute approximate surface area is 88.9 Å². The summed E-state index contributed by atoms with van der Waals surface area (Å²) < 4.78 is 4.50. The van der Waals surface area contributed by atoms with E-state index in [1.807, 2.05) is 12.1 Å². The lowest BCUT2D eigenvalue weighted by atomic mass is 10.2. The van der Waals surface area contributed by atoms with Gasteiger partial charge in [-0.15, -0.1) is 0 Å². The largest absolute Gasteiger partial charge is 0.508 e. The molecule has 0 amide bonds. The zero-order chi connectivity index (χ0) is 11.1. The number of rotatable bonds is 5. The molecule has 0 aliphatic heterocycles. The summed E-state index contributed by atoms with van der Waals surface area (Å²) in [4.78, 5) is 10.8. The third-order valence-corrected chi connectivity index (χ3v) is 2.04. The van der Waals surface area contributed by atoms with Gasteiger partial charge >= 0.3 is 5.97 Å². The maximum absolute atomic E-state index is 10.8. The van der Waals surface area contributed by atoms with E-state index in [1.54, 1.807) is 12.1 Å². The number of benzene rings is 1. The van der Waals surface area contributed by atoms with Crippen LogP contribution in [0.5, 0.6) is 5.75 Å². The molecule has 0 spiro atoms. The molecule has 0 atom stereocenters. The molecule has 0 unspecified atom stereocenters. The number of phenols is 1.